The molecule has 1 saturated heterocycles. The number of nitrogens with one attached hydrogen (secondary N) is 1. The number of carbonyl (C=O) groups excluding carboxylic acids is 1. The fourth-order valence-electron chi connectivity index (χ4n) is 4.80. The largest absolute Gasteiger partial charge is 0.465 e. The van der Waals surface area contributed by atoms with Crippen LogP contribution in [0.3, 0.4) is 0 Å². The van der Waals surface area contributed by atoms with Crippen molar-refractivity contribution in [1.82, 2.24) is 15.1 Å². The van der Waals surface area contributed by atoms with Crippen molar-refractivity contribution in [2.24, 2.45) is 0 Å². The summed E-state index contributed by atoms with van der Waals surface area (Å²) in [4.78, 5) is 29.0. The van der Waals surface area contributed by atoms with Crippen molar-refractivity contribution in [3.05, 3.63) is 71.8 Å². The summed E-state index contributed by atoms with van der Waals surface area (Å²) in [5, 5.41) is 25.0. The number of rotatable bonds is 9. The molecule has 0 saturated carbocycles. The van der Waals surface area contributed by atoms with Gasteiger partial charge >= 0.3 is 6.09 Å². The lowest BCUT2D eigenvalue weighted by atomic mass is 9.91. The summed E-state index contributed by atoms with van der Waals surface area (Å²) in [5.74, 6) is -0.202. The average Bonchev–Trinajstić information content (AvgIpc) is 3.08. The summed E-state index contributed by atoms with van der Waals surface area (Å²) in [6.45, 7) is 7.90. The van der Waals surface area contributed by atoms with Crippen LogP contribution in [0.15, 0.2) is 60.7 Å². The van der Waals surface area contributed by atoms with Crippen LogP contribution in [0, 0.1) is 0 Å². The molecule has 1 aliphatic heterocycles. The van der Waals surface area contributed by atoms with Crippen molar-refractivity contribution in [1.29, 1.82) is 0 Å². The summed E-state index contributed by atoms with van der Waals surface area (Å²) in [7, 11) is 0. The monoisotopic (exact) mass is 467 g/mol. The molecule has 184 valence electrons. The van der Waals surface area contributed by atoms with Gasteiger partial charge in [0.25, 0.3) is 0 Å². The highest BCUT2D eigenvalue weighted by Gasteiger charge is 2.48. The van der Waals surface area contributed by atoms with E-state index in [4.69, 9.17) is 0 Å². The number of carbonyl (C=O) groups is 2. The predicted octanol–water partition coefficient (Wildman–Crippen LogP) is 3.86. The minimum atomic E-state index is -1.22. The van der Waals surface area contributed by atoms with Crippen LogP contribution < -0.4 is 5.32 Å². The molecule has 1 unspecified atom stereocenters. The van der Waals surface area contributed by atoms with Crippen LogP contribution in [0.2, 0.25) is 0 Å². The van der Waals surface area contributed by atoms with Crippen LogP contribution in [0.1, 0.15) is 51.7 Å². The second-order valence-corrected chi connectivity index (χ2v) is 9.97. The van der Waals surface area contributed by atoms with Crippen molar-refractivity contribution < 1.29 is 19.8 Å². The third-order valence-electron chi connectivity index (χ3n) is 6.34. The minimum absolute atomic E-state index is 0.202. The number of aliphatic hydroxyl groups is 1. The molecular formula is C27H37N3O4. The third-order valence-corrected chi connectivity index (χ3v) is 6.34. The van der Waals surface area contributed by atoms with Gasteiger partial charge in [-0.15, -0.1) is 0 Å². The highest BCUT2D eigenvalue weighted by atomic mass is 16.4. The van der Waals surface area contributed by atoms with E-state index in [1.54, 1.807) is 25.7 Å². The zero-order chi connectivity index (χ0) is 24.9. The van der Waals surface area contributed by atoms with E-state index in [1.165, 1.54) is 4.90 Å². The molecule has 4 atom stereocenters. The van der Waals surface area contributed by atoms with E-state index < -0.39 is 29.8 Å². The van der Waals surface area contributed by atoms with E-state index in [1.807, 2.05) is 60.7 Å². The van der Waals surface area contributed by atoms with Gasteiger partial charge in [-0.2, -0.15) is 0 Å². The van der Waals surface area contributed by atoms with Gasteiger partial charge in [-0.1, -0.05) is 74.0 Å². The zero-order valence-electron chi connectivity index (χ0n) is 20.5. The van der Waals surface area contributed by atoms with E-state index in [2.05, 4.69) is 12.2 Å². The summed E-state index contributed by atoms with van der Waals surface area (Å²) in [6, 6.07) is 17.6. The summed E-state index contributed by atoms with van der Waals surface area (Å²) in [5.41, 5.74) is 1.15. The molecule has 1 aliphatic rings. The lowest BCUT2D eigenvalue weighted by Crippen LogP contribution is -2.61. The molecule has 2 aromatic rings. The topological polar surface area (TPSA) is 93.1 Å². The van der Waals surface area contributed by atoms with E-state index in [-0.39, 0.29) is 12.1 Å². The molecule has 0 aliphatic carbocycles. The first-order chi connectivity index (χ1) is 16.1. The molecule has 2 amide bonds. The molecule has 0 bridgehead atoms. The van der Waals surface area contributed by atoms with Gasteiger partial charge in [0.05, 0.1) is 18.3 Å². The van der Waals surface area contributed by atoms with Crippen LogP contribution in [-0.4, -0.2) is 61.9 Å². The Morgan fingerprint density at radius 1 is 1.06 bits per heavy atom. The molecule has 0 radical (unpaired) electrons. The number of carboxylic acid groups (broad SMARTS) is 1. The third kappa shape index (κ3) is 5.96. The van der Waals surface area contributed by atoms with Gasteiger partial charge < -0.3 is 15.1 Å². The molecule has 0 spiro atoms. The smallest absolute Gasteiger partial charge is 0.408 e. The molecule has 7 heteroatoms. The van der Waals surface area contributed by atoms with Crippen molar-refractivity contribution >= 4 is 12.0 Å². The lowest BCUT2D eigenvalue weighted by Gasteiger charge is -2.42. The minimum Gasteiger partial charge on any atom is -0.465 e. The Labute approximate surface area is 202 Å². The highest BCUT2D eigenvalue weighted by Crippen LogP contribution is 2.28. The molecule has 2 aromatic carbocycles. The van der Waals surface area contributed by atoms with Crippen LogP contribution in [0.25, 0.3) is 0 Å². The maximum absolute atomic E-state index is 13.6. The number of aliphatic hydroxyl groups excluding tert-OH is 1. The number of hydrogen-bond acceptors (Lipinski definition) is 4. The van der Waals surface area contributed by atoms with Gasteiger partial charge in [-0.05, 0) is 44.7 Å². The average molecular weight is 468 g/mol. The normalized spacial score (nSPS) is 20.3. The zero-order valence-corrected chi connectivity index (χ0v) is 20.5. The molecule has 1 fully saturated rings. The summed E-state index contributed by atoms with van der Waals surface area (Å²) in [6.07, 6.45) is -0.647. The van der Waals surface area contributed by atoms with E-state index in [0.29, 0.717) is 13.0 Å². The fraction of sp³-hybridized carbons (Fsp3) is 0.481. The van der Waals surface area contributed by atoms with Gasteiger partial charge in [0.1, 0.15) is 6.04 Å². The van der Waals surface area contributed by atoms with Gasteiger partial charge in [-0.25, -0.2) is 4.79 Å². The highest BCUT2D eigenvalue weighted by molar-refractivity contribution is 5.85. The SMILES string of the molecule is CCCC1N[C@@H]([C@@H](O)[C@H](Cc2ccccc2)N(C(=O)O)C(C)(C)C)C(=O)N1Cc1ccccc1. The predicted molar refractivity (Wildman–Crippen MR) is 132 cm³/mol. The van der Waals surface area contributed by atoms with Gasteiger partial charge in [0.2, 0.25) is 5.91 Å². The number of amides is 2. The first kappa shape index (κ1) is 25.7. The molecular weight excluding hydrogens is 430 g/mol. The van der Waals surface area contributed by atoms with Crippen LogP contribution in [0.4, 0.5) is 4.79 Å². The lowest BCUT2D eigenvalue weighted by molar-refractivity contribution is -0.133. The standard InChI is InChI=1S/C27H37N3O4/c1-5-12-22-28-23(25(32)29(22)18-20-15-10-7-11-16-20)24(31)21(17-19-13-8-6-9-14-19)30(26(33)34)27(2,3)4/h6-11,13-16,21-24,28,31H,5,12,17-18H2,1-4H3,(H,33,34)/t21-,22?,23-,24-/m0/s1. The van der Waals surface area contributed by atoms with Crippen molar-refractivity contribution in [3.63, 3.8) is 0 Å². The van der Waals surface area contributed by atoms with Gasteiger partial charge in [0, 0.05) is 12.1 Å². The molecule has 7 nitrogen and oxygen atoms in total. The second-order valence-electron chi connectivity index (χ2n) is 9.97. The first-order valence-corrected chi connectivity index (χ1v) is 12.0. The van der Waals surface area contributed by atoms with E-state index in [9.17, 15) is 19.8 Å². The van der Waals surface area contributed by atoms with Crippen LogP contribution >= 0.6 is 0 Å². The second kappa shape index (κ2) is 11.0. The maximum Gasteiger partial charge on any atom is 0.408 e. The van der Waals surface area contributed by atoms with Crippen molar-refractivity contribution in [3.8, 4) is 0 Å². The van der Waals surface area contributed by atoms with E-state index in [0.717, 1.165) is 24.0 Å². The summed E-state index contributed by atoms with van der Waals surface area (Å²) >= 11 is 0. The first-order valence-electron chi connectivity index (χ1n) is 12.0. The molecule has 0 aromatic heterocycles. The van der Waals surface area contributed by atoms with Gasteiger partial charge in [-0.3, -0.25) is 15.0 Å². The Kier molecular flexibility index (Phi) is 8.33. The molecule has 1 heterocycles. The molecule has 3 N–H and O–H groups in total. The molecule has 3 rings (SSSR count). The van der Waals surface area contributed by atoms with Crippen molar-refractivity contribution in [2.75, 3.05) is 0 Å². The number of hydrogen-bond donors (Lipinski definition) is 3. The van der Waals surface area contributed by atoms with Crippen molar-refractivity contribution in [2.45, 2.75) is 83.4 Å². The Hall–Kier alpha value is -2.90. The molecule has 34 heavy (non-hydrogen) atoms. The quantitative estimate of drug-likeness (QED) is 0.521. The maximum atomic E-state index is 13.6. The van der Waals surface area contributed by atoms with E-state index >= 15 is 0 Å². The Balaban J connectivity index is 1.93. The number of nitrogens with zero attached hydrogens (tertiary/aromatic N) is 2. The van der Waals surface area contributed by atoms with Crippen LogP contribution in [-0.2, 0) is 17.8 Å². The van der Waals surface area contributed by atoms with Gasteiger partial charge in [0.15, 0.2) is 0 Å². The van der Waals surface area contributed by atoms with Crippen LogP contribution in [0.5, 0.6) is 0 Å². The Bertz CT molecular complexity index is 945. The Morgan fingerprint density at radius 3 is 2.12 bits per heavy atom. The number of benzene rings is 2. The Morgan fingerprint density at radius 2 is 1.62 bits per heavy atom. The fourth-order valence-corrected chi connectivity index (χ4v) is 4.80. The summed E-state index contributed by atoms with van der Waals surface area (Å²) < 4.78 is 0.